The van der Waals surface area contributed by atoms with Gasteiger partial charge in [-0.15, -0.1) is 11.8 Å². The van der Waals surface area contributed by atoms with Crippen molar-refractivity contribution in [2.45, 2.75) is 50.2 Å². The van der Waals surface area contributed by atoms with Crippen LogP contribution in [0.1, 0.15) is 38.2 Å². The largest absolute Gasteiger partial charge is 0.377 e. The van der Waals surface area contributed by atoms with Gasteiger partial charge in [0.05, 0.1) is 6.10 Å². The van der Waals surface area contributed by atoms with Gasteiger partial charge in [0.1, 0.15) is 0 Å². The zero-order chi connectivity index (χ0) is 13.3. The lowest BCUT2D eigenvalue weighted by molar-refractivity contribution is 0.0315. The van der Waals surface area contributed by atoms with Crippen LogP contribution in [0.25, 0.3) is 0 Å². The second kappa shape index (κ2) is 8.62. The van der Waals surface area contributed by atoms with E-state index in [1.807, 2.05) is 11.8 Å². The molecular weight excluding hydrogens is 254 g/mol. The van der Waals surface area contributed by atoms with E-state index in [0.29, 0.717) is 6.10 Å². The molecule has 0 bridgehead atoms. The second-order valence-electron chi connectivity index (χ2n) is 5.12. The Morgan fingerprint density at radius 2 is 2.11 bits per heavy atom. The number of hydrogen-bond acceptors (Lipinski definition) is 3. The summed E-state index contributed by atoms with van der Waals surface area (Å²) in [5.74, 6) is 1.09. The minimum atomic E-state index is 0.463. The predicted molar refractivity (Wildman–Crippen MR) is 82.8 cm³/mol. The topological polar surface area (TPSA) is 21.3 Å². The monoisotopic (exact) mass is 279 g/mol. The highest BCUT2D eigenvalue weighted by atomic mass is 32.2. The zero-order valence-electron chi connectivity index (χ0n) is 11.9. The molecule has 1 heterocycles. The maximum Gasteiger partial charge on any atom is 0.0669 e. The molecule has 2 rings (SSSR count). The number of ether oxygens (including phenoxy) is 1. The Labute approximate surface area is 121 Å². The van der Waals surface area contributed by atoms with Crippen LogP contribution in [0, 0.1) is 0 Å². The summed E-state index contributed by atoms with van der Waals surface area (Å²) in [4.78, 5) is 1.36. The van der Waals surface area contributed by atoms with Gasteiger partial charge in [-0.05, 0) is 49.9 Å². The fraction of sp³-hybridized carbons (Fsp3) is 0.625. The molecule has 0 spiro atoms. The van der Waals surface area contributed by atoms with Gasteiger partial charge >= 0.3 is 0 Å². The van der Waals surface area contributed by atoms with Gasteiger partial charge in [-0.1, -0.05) is 19.1 Å². The Hall–Kier alpha value is -0.510. The van der Waals surface area contributed by atoms with E-state index in [1.165, 1.54) is 36.1 Å². The normalized spacial score (nSPS) is 19.5. The third-order valence-corrected chi connectivity index (χ3v) is 4.53. The van der Waals surface area contributed by atoms with Crippen molar-refractivity contribution in [3.8, 4) is 0 Å². The Morgan fingerprint density at radius 1 is 1.26 bits per heavy atom. The summed E-state index contributed by atoms with van der Waals surface area (Å²) in [6.07, 6.45) is 5.44. The summed E-state index contributed by atoms with van der Waals surface area (Å²) in [5, 5.41) is 3.43. The van der Waals surface area contributed by atoms with E-state index < -0.39 is 0 Å². The Bertz CT molecular complexity index is 346. The van der Waals surface area contributed by atoms with Crippen molar-refractivity contribution in [1.82, 2.24) is 5.32 Å². The zero-order valence-corrected chi connectivity index (χ0v) is 12.7. The Kier molecular flexibility index (Phi) is 6.75. The highest BCUT2D eigenvalue weighted by molar-refractivity contribution is 7.99. The van der Waals surface area contributed by atoms with Crippen LogP contribution in [0.4, 0.5) is 0 Å². The smallest absolute Gasteiger partial charge is 0.0669 e. The van der Waals surface area contributed by atoms with Crippen LogP contribution in [0.5, 0.6) is 0 Å². The van der Waals surface area contributed by atoms with Gasteiger partial charge in [0, 0.05) is 23.8 Å². The summed E-state index contributed by atoms with van der Waals surface area (Å²) in [6.45, 7) is 5.22. The van der Waals surface area contributed by atoms with Crippen LogP contribution < -0.4 is 5.32 Å². The first-order valence-electron chi connectivity index (χ1n) is 7.42. The van der Waals surface area contributed by atoms with Crippen molar-refractivity contribution >= 4 is 11.8 Å². The molecule has 0 saturated carbocycles. The molecule has 0 aromatic heterocycles. The van der Waals surface area contributed by atoms with Gasteiger partial charge in [-0.25, -0.2) is 0 Å². The summed E-state index contributed by atoms with van der Waals surface area (Å²) in [6, 6.07) is 8.92. The third kappa shape index (κ3) is 5.55. The Morgan fingerprint density at radius 3 is 2.79 bits per heavy atom. The van der Waals surface area contributed by atoms with E-state index in [9.17, 15) is 0 Å². The number of nitrogens with one attached hydrogen (secondary N) is 1. The predicted octanol–water partition coefficient (Wildman–Crippen LogP) is 3.85. The van der Waals surface area contributed by atoms with Crippen LogP contribution in [0.2, 0.25) is 0 Å². The van der Waals surface area contributed by atoms with Crippen molar-refractivity contribution in [2.24, 2.45) is 0 Å². The van der Waals surface area contributed by atoms with Crippen molar-refractivity contribution in [1.29, 1.82) is 0 Å². The lowest BCUT2D eigenvalue weighted by Crippen LogP contribution is -2.21. The standard InChI is InChI=1S/C16H25NOS/c1-2-10-17-12-14-6-8-16(9-7-14)19-13-15-5-3-4-11-18-15/h6-9,15,17H,2-5,10-13H2,1H3. The van der Waals surface area contributed by atoms with Crippen LogP contribution in [-0.4, -0.2) is 25.0 Å². The summed E-state index contributed by atoms with van der Waals surface area (Å²) < 4.78 is 5.76. The molecular formula is C16H25NOS. The van der Waals surface area contributed by atoms with Crippen LogP contribution >= 0.6 is 11.8 Å². The SMILES string of the molecule is CCCNCc1ccc(SCC2CCCCO2)cc1. The molecule has 1 unspecified atom stereocenters. The molecule has 1 N–H and O–H groups in total. The maximum absolute atomic E-state index is 5.76. The number of rotatable bonds is 7. The average Bonchev–Trinajstić information content (AvgIpc) is 2.48. The molecule has 0 aliphatic carbocycles. The summed E-state index contributed by atoms with van der Waals surface area (Å²) in [7, 11) is 0. The second-order valence-corrected chi connectivity index (χ2v) is 6.21. The van der Waals surface area contributed by atoms with Gasteiger partial charge in [-0.2, -0.15) is 0 Å². The molecule has 3 heteroatoms. The van der Waals surface area contributed by atoms with Gasteiger partial charge in [0.15, 0.2) is 0 Å². The third-order valence-electron chi connectivity index (χ3n) is 3.39. The fourth-order valence-corrected chi connectivity index (χ4v) is 3.21. The van der Waals surface area contributed by atoms with E-state index in [0.717, 1.165) is 25.4 Å². The van der Waals surface area contributed by atoms with Crippen molar-refractivity contribution in [3.63, 3.8) is 0 Å². The fourth-order valence-electron chi connectivity index (χ4n) is 2.24. The molecule has 1 aliphatic heterocycles. The number of hydrogen-bond donors (Lipinski definition) is 1. The molecule has 1 saturated heterocycles. The van der Waals surface area contributed by atoms with Gasteiger partial charge in [0.2, 0.25) is 0 Å². The highest BCUT2D eigenvalue weighted by Gasteiger charge is 2.13. The van der Waals surface area contributed by atoms with E-state index in [1.54, 1.807) is 0 Å². The molecule has 0 radical (unpaired) electrons. The van der Waals surface area contributed by atoms with Crippen LogP contribution in [0.3, 0.4) is 0 Å². The van der Waals surface area contributed by atoms with Crippen molar-refractivity contribution in [3.05, 3.63) is 29.8 Å². The maximum atomic E-state index is 5.76. The van der Waals surface area contributed by atoms with Crippen LogP contribution in [-0.2, 0) is 11.3 Å². The van der Waals surface area contributed by atoms with E-state index in [4.69, 9.17) is 4.74 Å². The van der Waals surface area contributed by atoms with Crippen LogP contribution in [0.15, 0.2) is 29.2 Å². The van der Waals surface area contributed by atoms with Gasteiger partial charge in [-0.3, -0.25) is 0 Å². The molecule has 1 atom stereocenters. The van der Waals surface area contributed by atoms with E-state index in [-0.39, 0.29) is 0 Å². The van der Waals surface area contributed by atoms with Gasteiger partial charge < -0.3 is 10.1 Å². The van der Waals surface area contributed by atoms with E-state index in [2.05, 4.69) is 36.5 Å². The minimum Gasteiger partial charge on any atom is -0.377 e. The first kappa shape index (κ1) is 14.9. The first-order valence-corrected chi connectivity index (χ1v) is 8.41. The number of thioether (sulfide) groups is 1. The Balaban J connectivity index is 1.71. The first-order chi connectivity index (χ1) is 9.38. The van der Waals surface area contributed by atoms with Gasteiger partial charge in [0.25, 0.3) is 0 Å². The lowest BCUT2D eigenvalue weighted by Gasteiger charge is -2.22. The summed E-state index contributed by atoms with van der Waals surface area (Å²) in [5.41, 5.74) is 1.37. The molecule has 19 heavy (non-hydrogen) atoms. The minimum absolute atomic E-state index is 0.463. The van der Waals surface area contributed by atoms with E-state index >= 15 is 0 Å². The molecule has 1 aromatic rings. The van der Waals surface area contributed by atoms with Crippen molar-refractivity contribution in [2.75, 3.05) is 18.9 Å². The lowest BCUT2D eigenvalue weighted by atomic mass is 10.1. The quantitative estimate of drug-likeness (QED) is 0.605. The molecule has 1 fully saturated rings. The molecule has 2 nitrogen and oxygen atoms in total. The average molecular weight is 279 g/mol. The highest BCUT2D eigenvalue weighted by Crippen LogP contribution is 2.23. The summed E-state index contributed by atoms with van der Waals surface area (Å²) >= 11 is 1.92. The van der Waals surface area contributed by atoms with Crippen molar-refractivity contribution < 1.29 is 4.74 Å². The molecule has 106 valence electrons. The molecule has 1 aromatic carbocycles. The molecule has 1 aliphatic rings. The number of benzene rings is 1. The molecule has 0 amide bonds.